The largest absolute Gasteiger partial charge is 0.394 e. The standard InChI is InChI=1S/C37H64O10/c1-19(15-21(39)30(44)33(4,5)45-8)20-9-14-37-18-36(20,37)13-10-23-34(6)12-11-25(40)32(2,3)24(34)16-26(35(23,37)7)47-31-29(43)28(42)27(41)22(17-38)46-31/h19-31,38-44H,9-18H2,1-8H3/t19-,20-,21+,22+,23+,24-,25+,26+,27+,28-,29+,30-,31-,34+,35-,36+,37+/m0/s1. The Morgan fingerprint density at radius 2 is 1.57 bits per heavy atom. The molecule has 5 saturated carbocycles. The van der Waals surface area contributed by atoms with Gasteiger partial charge in [-0.25, -0.2) is 0 Å². The molecule has 0 aromatic rings. The zero-order chi connectivity index (χ0) is 34.7. The van der Waals surface area contributed by atoms with E-state index >= 15 is 0 Å². The van der Waals surface area contributed by atoms with E-state index < -0.39 is 61.2 Å². The van der Waals surface area contributed by atoms with Crippen molar-refractivity contribution in [1.29, 1.82) is 0 Å². The van der Waals surface area contributed by atoms with Gasteiger partial charge in [-0.2, -0.15) is 0 Å². The molecule has 6 fully saturated rings. The van der Waals surface area contributed by atoms with Crippen LogP contribution in [0.5, 0.6) is 0 Å². The highest BCUT2D eigenvalue weighted by Gasteiger charge is 2.85. The Kier molecular flexibility index (Phi) is 9.15. The molecule has 47 heavy (non-hydrogen) atoms. The highest BCUT2D eigenvalue weighted by atomic mass is 16.7. The van der Waals surface area contributed by atoms with Crippen LogP contribution in [0.4, 0.5) is 0 Å². The lowest BCUT2D eigenvalue weighted by molar-refractivity contribution is -0.344. The predicted octanol–water partition coefficient (Wildman–Crippen LogP) is 2.75. The Hall–Kier alpha value is -0.400. The Labute approximate surface area is 281 Å². The molecule has 5 aliphatic carbocycles. The zero-order valence-electron chi connectivity index (χ0n) is 29.9. The SMILES string of the molecule is COC(C)(C)[C@@H](O)[C@H](O)C[C@H](C)[C@@H]1CC[C@]23C[C@]12CC[C@@H]1[C@@]2(C)CC[C@@H](O)C(C)(C)[C@@H]2C[C@@H](O[C@@H]2O[C@H](CO)[C@@H](O)[C@H](O)[C@H]2O)[C@]13C. The molecule has 272 valence electrons. The van der Waals surface area contributed by atoms with E-state index in [-0.39, 0.29) is 45.0 Å². The van der Waals surface area contributed by atoms with Gasteiger partial charge in [0.15, 0.2) is 6.29 Å². The van der Waals surface area contributed by atoms with Gasteiger partial charge < -0.3 is 50.0 Å². The van der Waals surface area contributed by atoms with Crippen molar-refractivity contribution in [3.8, 4) is 0 Å². The molecule has 6 rings (SSSR count). The fourth-order valence-electron chi connectivity index (χ4n) is 13.2. The van der Waals surface area contributed by atoms with Crippen LogP contribution in [0, 0.1) is 50.7 Å². The van der Waals surface area contributed by atoms with E-state index in [9.17, 15) is 35.7 Å². The molecule has 6 aliphatic rings. The predicted molar refractivity (Wildman–Crippen MR) is 174 cm³/mol. The maximum atomic E-state index is 11.3. The van der Waals surface area contributed by atoms with Gasteiger partial charge in [-0.15, -0.1) is 0 Å². The number of ether oxygens (including phenoxy) is 3. The molecule has 0 bridgehead atoms. The van der Waals surface area contributed by atoms with Gasteiger partial charge >= 0.3 is 0 Å². The second-order valence-corrected chi connectivity index (χ2v) is 18.5. The third-order valence-corrected chi connectivity index (χ3v) is 16.1. The lowest BCUT2D eigenvalue weighted by Crippen LogP contribution is -2.68. The second kappa shape index (κ2) is 11.8. The van der Waals surface area contributed by atoms with E-state index in [1.807, 2.05) is 0 Å². The summed E-state index contributed by atoms with van der Waals surface area (Å²) in [6, 6.07) is 0. The molecule has 7 N–H and O–H groups in total. The summed E-state index contributed by atoms with van der Waals surface area (Å²) < 4.78 is 18.4. The summed E-state index contributed by atoms with van der Waals surface area (Å²) in [5.41, 5.74) is -1.44. The molecule has 0 aromatic heterocycles. The average Bonchev–Trinajstić information content (AvgIpc) is 3.59. The van der Waals surface area contributed by atoms with Crippen LogP contribution in [0.15, 0.2) is 0 Å². The topological polar surface area (TPSA) is 169 Å². The molecule has 10 nitrogen and oxygen atoms in total. The fraction of sp³-hybridized carbons (Fsp3) is 1.00. The van der Waals surface area contributed by atoms with Gasteiger partial charge in [-0.3, -0.25) is 0 Å². The molecule has 0 aromatic carbocycles. The first-order chi connectivity index (χ1) is 21.8. The van der Waals surface area contributed by atoms with Gasteiger partial charge in [0.25, 0.3) is 0 Å². The average molecular weight is 669 g/mol. The van der Waals surface area contributed by atoms with Crippen LogP contribution in [-0.2, 0) is 14.2 Å². The minimum atomic E-state index is -1.51. The number of aliphatic hydroxyl groups is 7. The summed E-state index contributed by atoms with van der Waals surface area (Å²) in [5, 5.41) is 75.5. The third kappa shape index (κ3) is 4.93. The first-order valence-electron chi connectivity index (χ1n) is 18.3. The van der Waals surface area contributed by atoms with E-state index in [4.69, 9.17) is 14.2 Å². The van der Waals surface area contributed by atoms with Crippen molar-refractivity contribution in [2.45, 2.75) is 167 Å². The number of hydrogen-bond donors (Lipinski definition) is 7. The van der Waals surface area contributed by atoms with Crippen LogP contribution >= 0.6 is 0 Å². The van der Waals surface area contributed by atoms with Gasteiger partial charge in [0.2, 0.25) is 0 Å². The Balaban J connectivity index is 1.34. The smallest absolute Gasteiger partial charge is 0.186 e. The van der Waals surface area contributed by atoms with E-state index in [1.165, 1.54) is 0 Å². The van der Waals surface area contributed by atoms with Crippen LogP contribution in [0.25, 0.3) is 0 Å². The van der Waals surface area contributed by atoms with Crippen molar-refractivity contribution in [2.24, 2.45) is 50.7 Å². The van der Waals surface area contributed by atoms with Crippen LogP contribution < -0.4 is 0 Å². The van der Waals surface area contributed by atoms with E-state index in [0.717, 1.165) is 44.9 Å². The zero-order valence-corrected chi connectivity index (χ0v) is 29.9. The molecule has 1 heterocycles. The normalized spacial score (nSPS) is 52.4. The lowest BCUT2D eigenvalue weighted by atomic mass is 9.37. The highest BCUT2D eigenvalue weighted by Crippen LogP contribution is 2.91. The van der Waals surface area contributed by atoms with Gasteiger partial charge in [0.1, 0.15) is 30.5 Å². The summed E-state index contributed by atoms with van der Waals surface area (Å²) in [5.74, 6) is 1.04. The van der Waals surface area contributed by atoms with E-state index in [2.05, 4.69) is 34.6 Å². The fourth-order valence-corrected chi connectivity index (χ4v) is 13.2. The van der Waals surface area contributed by atoms with Crippen molar-refractivity contribution >= 4 is 0 Å². The molecular formula is C37H64O10. The summed E-state index contributed by atoms with van der Waals surface area (Å²) in [6.07, 6.45) is -1.21. The monoisotopic (exact) mass is 668 g/mol. The molecule has 10 heteroatoms. The Morgan fingerprint density at radius 3 is 2.21 bits per heavy atom. The third-order valence-electron chi connectivity index (χ3n) is 16.1. The lowest BCUT2D eigenvalue weighted by Gasteiger charge is -2.69. The quantitative estimate of drug-likeness (QED) is 0.182. The maximum absolute atomic E-state index is 11.3. The van der Waals surface area contributed by atoms with Crippen molar-refractivity contribution in [3.05, 3.63) is 0 Å². The van der Waals surface area contributed by atoms with Crippen molar-refractivity contribution in [1.82, 2.24) is 0 Å². The summed E-state index contributed by atoms with van der Waals surface area (Å²) >= 11 is 0. The van der Waals surface area contributed by atoms with Crippen molar-refractivity contribution in [3.63, 3.8) is 0 Å². The number of fused-ring (bicyclic) bond motifs is 3. The Morgan fingerprint density at radius 1 is 0.894 bits per heavy atom. The Bertz CT molecular complexity index is 1160. The van der Waals surface area contributed by atoms with E-state index in [1.54, 1.807) is 21.0 Å². The van der Waals surface area contributed by atoms with Gasteiger partial charge in [-0.05, 0) is 117 Å². The van der Waals surface area contributed by atoms with Gasteiger partial charge in [-0.1, -0.05) is 34.6 Å². The first-order valence-corrected chi connectivity index (χ1v) is 18.3. The van der Waals surface area contributed by atoms with Crippen LogP contribution in [0.2, 0.25) is 0 Å². The number of methoxy groups -OCH3 is 1. The molecule has 0 amide bonds. The van der Waals surface area contributed by atoms with Gasteiger partial charge in [0.05, 0.1) is 30.5 Å². The van der Waals surface area contributed by atoms with Crippen LogP contribution in [-0.4, -0.2) is 110 Å². The minimum Gasteiger partial charge on any atom is -0.394 e. The summed E-state index contributed by atoms with van der Waals surface area (Å²) in [7, 11) is 1.55. The van der Waals surface area contributed by atoms with Gasteiger partial charge in [0, 0.05) is 12.5 Å². The maximum Gasteiger partial charge on any atom is 0.186 e. The van der Waals surface area contributed by atoms with Crippen LogP contribution in [0.1, 0.15) is 106 Å². The van der Waals surface area contributed by atoms with Crippen LogP contribution in [0.3, 0.4) is 0 Å². The highest BCUT2D eigenvalue weighted by molar-refractivity contribution is 5.33. The molecule has 1 saturated heterocycles. The minimum absolute atomic E-state index is 0.00973. The number of aliphatic hydroxyl groups excluding tert-OH is 7. The molecule has 0 unspecified atom stereocenters. The summed E-state index contributed by atoms with van der Waals surface area (Å²) in [6.45, 7) is 14.5. The van der Waals surface area contributed by atoms with Crippen molar-refractivity contribution in [2.75, 3.05) is 13.7 Å². The first kappa shape index (κ1) is 36.4. The number of rotatable bonds is 9. The molecule has 17 atom stereocenters. The summed E-state index contributed by atoms with van der Waals surface area (Å²) in [4.78, 5) is 0. The second-order valence-electron chi connectivity index (χ2n) is 18.5. The number of hydrogen-bond acceptors (Lipinski definition) is 10. The van der Waals surface area contributed by atoms with E-state index in [0.29, 0.717) is 24.7 Å². The molecule has 1 aliphatic heterocycles. The molecule has 0 spiro atoms. The van der Waals surface area contributed by atoms with Crippen molar-refractivity contribution < 1.29 is 50.0 Å². The molecule has 0 radical (unpaired) electrons. The molecular weight excluding hydrogens is 604 g/mol.